The van der Waals surface area contributed by atoms with Crippen molar-refractivity contribution < 1.29 is 18.8 Å². The predicted molar refractivity (Wildman–Crippen MR) is 108 cm³/mol. The van der Waals surface area contributed by atoms with E-state index >= 15 is 0 Å². The summed E-state index contributed by atoms with van der Waals surface area (Å²) in [4.78, 5) is 18.4. The van der Waals surface area contributed by atoms with Crippen molar-refractivity contribution in [3.8, 4) is 11.5 Å². The van der Waals surface area contributed by atoms with E-state index in [0.29, 0.717) is 36.9 Å². The van der Waals surface area contributed by atoms with Crippen LogP contribution in [0.1, 0.15) is 22.8 Å². The Morgan fingerprint density at radius 1 is 1.07 bits per heavy atom. The monoisotopic (exact) mass is 395 g/mol. The fourth-order valence-electron chi connectivity index (χ4n) is 2.68. The molecule has 0 aliphatic carbocycles. The van der Waals surface area contributed by atoms with Crippen LogP contribution in [0.2, 0.25) is 0 Å². The molecule has 0 bridgehead atoms. The smallest absolute Gasteiger partial charge is 0.264 e. The Labute approximate surface area is 170 Å². The van der Waals surface area contributed by atoms with Gasteiger partial charge in [0.15, 0.2) is 12.4 Å². The van der Waals surface area contributed by atoms with Crippen molar-refractivity contribution in [1.82, 2.24) is 15.0 Å². The number of rotatable bonds is 9. The van der Waals surface area contributed by atoms with Gasteiger partial charge in [0.05, 0.1) is 13.5 Å². The van der Waals surface area contributed by atoms with Crippen molar-refractivity contribution in [3.63, 3.8) is 0 Å². The third-order valence-corrected chi connectivity index (χ3v) is 4.50. The lowest BCUT2D eigenvalue weighted by Gasteiger charge is -2.16. The van der Waals surface area contributed by atoms with Crippen molar-refractivity contribution >= 4 is 5.91 Å². The van der Waals surface area contributed by atoms with Gasteiger partial charge in [0.1, 0.15) is 11.5 Å². The number of hydrogen-bond donors (Lipinski definition) is 0. The van der Waals surface area contributed by atoms with Crippen LogP contribution >= 0.6 is 0 Å². The number of amides is 1. The van der Waals surface area contributed by atoms with Crippen LogP contribution < -0.4 is 9.47 Å². The van der Waals surface area contributed by atoms with Crippen molar-refractivity contribution in [2.24, 2.45) is 0 Å². The molecule has 0 unspecified atom stereocenters. The lowest BCUT2D eigenvalue weighted by Crippen LogP contribution is -2.30. The second kappa shape index (κ2) is 9.73. The van der Waals surface area contributed by atoms with Gasteiger partial charge in [0.2, 0.25) is 5.91 Å². The van der Waals surface area contributed by atoms with Crippen LogP contribution in [0.15, 0.2) is 53.1 Å². The van der Waals surface area contributed by atoms with Crippen LogP contribution in [0, 0.1) is 6.92 Å². The van der Waals surface area contributed by atoms with Gasteiger partial charge in [-0.2, -0.15) is 4.98 Å². The van der Waals surface area contributed by atoms with E-state index in [9.17, 15) is 4.79 Å². The molecule has 0 saturated heterocycles. The molecule has 0 aliphatic rings. The molecule has 0 radical (unpaired) electrons. The second-order valence-electron chi connectivity index (χ2n) is 6.80. The van der Waals surface area contributed by atoms with Gasteiger partial charge in [-0.1, -0.05) is 35.0 Å². The molecule has 0 fully saturated rings. The Morgan fingerprint density at radius 3 is 2.45 bits per heavy atom. The van der Waals surface area contributed by atoms with Crippen molar-refractivity contribution in [2.45, 2.75) is 26.4 Å². The highest BCUT2D eigenvalue weighted by Gasteiger charge is 2.12. The molecule has 0 aliphatic heterocycles. The van der Waals surface area contributed by atoms with Gasteiger partial charge in [0, 0.05) is 20.0 Å². The average Bonchev–Trinajstić information content (AvgIpc) is 3.20. The van der Waals surface area contributed by atoms with Gasteiger partial charge in [0.25, 0.3) is 5.89 Å². The first-order valence-corrected chi connectivity index (χ1v) is 9.41. The summed E-state index contributed by atoms with van der Waals surface area (Å²) in [6, 6.07) is 15.2. The molecule has 152 valence electrons. The van der Waals surface area contributed by atoms with Gasteiger partial charge in [-0.3, -0.25) is 4.79 Å². The SMILES string of the molecule is COc1ccc(OCc2nc(CCN(C)C(=O)Cc3ccc(C)cc3)no2)cc1. The van der Waals surface area contributed by atoms with E-state index in [1.807, 2.05) is 55.5 Å². The first-order valence-electron chi connectivity index (χ1n) is 9.41. The zero-order chi connectivity index (χ0) is 20.6. The standard InChI is InChI=1S/C22H25N3O4/c1-16-4-6-17(7-5-16)14-22(26)25(2)13-12-20-23-21(29-24-20)15-28-19-10-8-18(27-3)9-11-19/h4-11H,12-15H2,1-3H3. The third-order valence-electron chi connectivity index (χ3n) is 4.50. The number of carbonyl (C=O) groups excluding carboxylic acids is 1. The number of ether oxygens (including phenoxy) is 2. The highest BCUT2D eigenvalue weighted by molar-refractivity contribution is 5.78. The van der Waals surface area contributed by atoms with E-state index < -0.39 is 0 Å². The van der Waals surface area contributed by atoms with Crippen LogP contribution in [-0.4, -0.2) is 41.6 Å². The quantitative estimate of drug-likeness (QED) is 0.554. The van der Waals surface area contributed by atoms with E-state index in [0.717, 1.165) is 11.3 Å². The molecular formula is C22H25N3O4. The molecular weight excluding hydrogens is 370 g/mol. The summed E-state index contributed by atoms with van der Waals surface area (Å²) in [7, 11) is 3.40. The van der Waals surface area contributed by atoms with E-state index in [1.54, 1.807) is 19.1 Å². The van der Waals surface area contributed by atoms with Gasteiger partial charge in [-0.25, -0.2) is 0 Å². The van der Waals surface area contributed by atoms with Crippen LogP contribution in [0.4, 0.5) is 0 Å². The summed E-state index contributed by atoms with van der Waals surface area (Å²) in [5, 5.41) is 3.96. The van der Waals surface area contributed by atoms with Crippen molar-refractivity contribution in [3.05, 3.63) is 71.4 Å². The molecule has 7 nitrogen and oxygen atoms in total. The molecule has 0 atom stereocenters. The Balaban J connectivity index is 1.44. The zero-order valence-electron chi connectivity index (χ0n) is 16.9. The highest BCUT2D eigenvalue weighted by atomic mass is 16.5. The average molecular weight is 395 g/mol. The maximum Gasteiger partial charge on any atom is 0.264 e. The first kappa shape index (κ1) is 20.4. The molecule has 0 saturated carbocycles. The van der Waals surface area contributed by atoms with E-state index in [1.165, 1.54) is 5.56 Å². The Hall–Kier alpha value is -3.35. The normalized spacial score (nSPS) is 10.6. The first-order chi connectivity index (χ1) is 14.0. The number of benzene rings is 2. The molecule has 3 aromatic rings. The van der Waals surface area contributed by atoms with Gasteiger partial charge in [-0.15, -0.1) is 0 Å². The number of hydrogen-bond acceptors (Lipinski definition) is 6. The number of methoxy groups -OCH3 is 1. The maximum absolute atomic E-state index is 12.4. The van der Waals surface area contributed by atoms with Crippen molar-refractivity contribution in [2.75, 3.05) is 20.7 Å². The molecule has 1 aromatic heterocycles. The molecule has 3 rings (SSSR count). The highest BCUT2D eigenvalue weighted by Crippen LogP contribution is 2.18. The van der Waals surface area contributed by atoms with E-state index in [2.05, 4.69) is 10.1 Å². The minimum Gasteiger partial charge on any atom is -0.497 e. The van der Waals surface area contributed by atoms with E-state index in [-0.39, 0.29) is 12.5 Å². The van der Waals surface area contributed by atoms with Crippen LogP contribution in [0.5, 0.6) is 11.5 Å². The Morgan fingerprint density at radius 2 is 1.76 bits per heavy atom. The fourth-order valence-corrected chi connectivity index (χ4v) is 2.68. The summed E-state index contributed by atoms with van der Waals surface area (Å²) in [5.41, 5.74) is 2.18. The molecule has 1 amide bonds. The summed E-state index contributed by atoms with van der Waals surface area (Å²) >= 11 is 0. The number of likely N-dealkylation sites (N-methyl/N-ethyl adjacent to an activating group) is 1. The lowest BCUT2D eigenvalue weighted by molar-refractivity contribution is -0.129. The van der Waals surface area contributed by atoms with Gasteiger partial charge < -0.3 is 18.9 Å². The maximum atomic E-state index is 12.4. The predicted octanol–water partition coefficient (Wildman–Crippen LogP) is 3.21. The largest absolute Gasteiger partial charge is 0.497 e. The number of aryl methyl sites for hydroxylation is 1. The van der Waals surface area contributed by atoms with Crippen LogP contribution in [-0.2, 0) is 24.2 Å². The minimum absolute atomic E-state index is 0.0559. The van der Waals surface area contributed by atoms with Crippen molar-refractivity contribution in [1.29, 1.82) is 0 Å². The van der Waals surface area contributed by atoms with Gasteiger partial charge in [-0.05, 0) is 36.8 Å². The molecule has 2 aromatic carbocycles. The number of aromatic nitrogens is 2. The zero-order valence-corrected chi connectivity index (χ0v) is 16.9. The van der Waals surface area contributed by atoms with Crippen LogP contribution in [0.25, 0.3) is 0 Å². The Bertz CT molecular complexity index is 920. The van der Waals surface area contributed by atoms with Crippen LogP contribution in [0.3, 0.4) is 0 Å². The van der Waals surface area contributed by atoms with E-state index in [4.69, 9.17) is 14.0 Å². The Kier molecular flexibility index (Phi) is 6.84. The molecule has 0 spiro atoms. The number of carbonyl (C=O) groups is 1. The molecule has 7 heteroatoms. The summed E-state index contributed by atoms with van der Waals surface area (Å²) in [6.07, 6.45) is 0.895. The second-order valence-corrected chi connectivity index (χ2v) is 6.80. The minimum atomic E-state index is 0.0559. The fraction of sp³-hybridized carbons (Fsp3) is 0.318. The molecule has 1 heterocycles. The summed E-state index contributed by atoms with van der Waals surface area (Å²) < 4.78 is 16.0. The summed E-state index contributed by atoms with van der Waals surface area (Å²) in [5.74, 6) is 2.45. The summed E-state index contributed by atoms with van der Waals surface area (Å²) in [6.45, 7) is 2.73. The third kappa shape index (κ3) is 6.07. The van der Waals surface area contributed by atoms with Gasteiger partial charge >= 0.3 is 0 Å². The number of nitrogens with zero attached hydrogens (tertiary/aromatic N) is 3. The lowest BCUT2D eigenvalue weighted by atomic mass is 10.1. The topological polar surface area (TPSA) is 77.7 Å². The molecule has 0 N–H and O–H groups in total. The molecule has 29 heavy (non-hydrogen) atoms.